The van der Waals surface area contributed by atoms with Gasteiger partial charge in [0.15, 0.2) is 18.1 Å². The molecule has 7 heteroatoms. The first kappa shape index (κ1) is 26.0. The number of anilines is 2. The summed E-state index contributed by atoms with van der Waals surface area (Å²) in [5.74, 6) is -0.0276. The van der Waals surface area contributed by atoms with E-state index in [2.05, 4.69) is 10.6 Å². The van der Waals surface area contributed by atoms with Crippen molar-refractivity contribution >= 4 is 29.3 Å². The van der Waals surface area contributed by atoms with Crippen molar-refractivity contribution in [2.45, 2.75) is 27.7 Å². The van der Waals surface area contributed by atoms with Gasteiger partial charge >= 0.3 is 0 Å². The van der Waals surface area contributed by atoms with Crippen molar-refractivity contribution < 1.29 is 19.1 Å². The van der Waals surface area contributed by atoms with Crippen LogP contribution in [-0.2, 0) is 9.59 Å². The van der Waals surface area contributed by atoms with E-state index in [0.29, 0.717) is 35.0 Å². The molecule has 0 aliphatic heterocycles. The summed E-state index contributed by atoms with van der Waals surface area (Å²) in [5, 5.41) is 15.1. The molecule has 2 N–H and O–H groups in total. The van der Waals surface area contributed by atoms with Gasteiger partial charge in [0.25, 0.3) is 11.8 Å². The lowest BCUT2D eigenvalue weighted by Gasteiger charge is -2.13. The summed E-state index contributed by atoms with van der Waals surface area (Å²) in [5.41, 5.74) is 5.12. The van der Waals surface area contributed by atoms with E-state index in [1.807, 2.05) is 64.1 Å². The van der Waals surface area contributed by atoms with Gasteiger partial charge in [-0.15, -0.1) is 0 Å². The molecule has 3 rings (SSSR count). The number of nitrogens with one attached hydrogen (secondary N) is 2. The Morgan fingerprint density at radius 2 is 1.58 bits per heavy atom. The van der Waals surface area contributed by atoms with E-state index in [-0.39, 0.29) is 18.1 Å². The molecule has 0 atom stereocenters. The molecule has 0 aromatic heterocycles. The van der Waals surface area contributed by atoms with Crippen molar-refractivity contribution in [3.05, 3.63) is 88.5 Å². The first-order valence-corrected chi connectivity index (χ1v) is 11.6. The Morgan fingerprint density at radius 1 is 0.861 bits per heavy atom. The van der Waals surface area contributed by atoms with Crippen LogP contribution >= 0.6 is 0 Å². The second kappa shape index (κ2) is 12.2. The van der Waals surface area contributed by atoms with Gasteiger partial charge in [-0.25, -0.2) is 0 Å². The van der Waals surface area contributed by atoms with Crippen molar-refractivity contribution in [1.82, 2.24) is 0 Å². The topological polar surface area (TPSA) is 100 Å². The van der Waals surface area contributed by atoms with E-state index in [9.17, 15) is 14.9 Å². The van der Waals surface area contributed by atoms with Gasteiger partial charge in [0.05, 0.1) is 6.61 Å². The van der Waals surface area contributed by atoms with Gasteiger partial charge in [-0.05, 0) is 86.9 Å². The summed E-state index contributed by atoms with van der Waals surface area (Å²) >= 11 is 0. The van der Waals surface area contributed by atoms with E-state index >= 15 is 0 Å². The van der Waals surface area contributed by atoms with Crippen LogP contribution in [0.5, 0.6) is 11.5 Å². The van der Waals surface area contributed by atoms with Crippen LogP contribution in [0.25, 0.3) is 6.08 Å². The maximum atomic E-state index is 12.6. The van der Waals surface area contributed by atoms with Crippen LogP contribution in [0.15, 0.2) is 66.2 Å². The van der Waals surface area contributed by atoms with Crippen molar-refractivity contribution in [1.29, 1.82) is 5.26 Å². The molecule has 2 amide bonds. The van der Waals surface area contributed by atoms with Gasteiger partial charge in [-0.1, -0.05) is 29.8 Å². The summed E-state index contributed by atoms with van der Waals surface area (Å²) in [6.07, 6.45) is 1.47. The molecule has 7 nitrogen and oxygen atoms in total. The maximum absolute atomic E-state index is 12.6. The molecule has 0 unspecified atom stereocenters. The number of nitriles is 1. The molecule has 0 fully saturated rings. The van der Waals surface area contributed by atoms with E-state index in [1.165, 1.54) is 6.08 Å². The van der Waals surface area contributed by atoms with Crippen LogP contribution in [0.4, 0.5) is 11.4 Å². The molecule has 0 spiro atoms. The highest BCUT2D eigenvalue weighted by atomic mass is 16.5. The number of carbonyl (C=O) groups is 2. The smallest absolute Gasteiger partial charge is 0.266 e. The van der Waals surface area contributed by atoms with Crippen LogP contribution < -0.4 is 20.1 Å². The molecular weight excluding hydrogens is 454 g/mol. The minimum atomic E-state index is -0.511. The fourth-order valence-corrected chi connectivity index (χ4v) is 3.31. The zero-order valence-corrected chi connectivity index (χ0v) is 20.8. The first-order valence-electron chi connectivity index (χ1n) is 11.6. The summed E-state index contributed by atoms with van der Waals surface area (Å²) in [6.45, 7) is 7.94. The molecule has 0 saturated heterocycles. The van der Waals surface area contributed by atoms with Gasteiger partial charge in [-0.2, -0.15) is 5.26 Å². The number of nitrogens with zero attached hydrogens (tertiary/aromatic N) is 1. The number of hydrogen-bond donors (Lipinski definition) is 2. The number of hydrogen-bond acceptors (Lipinski definition) is 5. The lowest BCUT2D eigenvalue weighted by Crippen LogP contribution is -2.20. The van der Waals surface area contributed by atoms with Gasteiger partial charge in [0.2, 0.25) is 0 Å². The molecule has 0 aliphatic carbocycles. The fraction of sp³-hybridized carbons (Fsp3) is 0.207. The molecule has 0 aliphatic rings. The highest BCUT2D eigenvalue weighted by molar-refractivity contribution is 6.09. The van der Waals surface area contributed by atoms with Gasteiger partial charge in [0.1, 0.15) is 11.6 Å². The van der Waals surface area contributed by atoms with Crippen molar-refractivity contribution in [3.8, 4) is 17.6 Å². The monoisotopic (exact) mass is 483 g/mol. The van der Waals surface area contributed by atoms with Crippen molar-refractivity contribution in [2.75, 3.05) is 23.8 Å². The average molecular weight is 484 g/mol. The number of benzene rings is 3. The molecular formula is C29H29N3O4. The Balaban J connectivity index is 1.70. The predicted octanol–water partition coefficient (Wildman–Crippen LogP) is 5.57. The molecule has 3 aromatic carbocycles. The number of rotatable bonds is 9. The number of aryl methyl sites for hydroxylation is 3. The largest absolute Gasteiger partial charge is 0.490 e. The van der Waals surface area contributed by atoms with E-state index < -0.39 is 5.91 Å². The zero-order chi connectivity index (χ0) is 26.1. The standard InChI is InChI=1S/C29H29N3O4/c1-5-35-27-16-22(15-23(17-30)29(34)32-24-10-6-19(2)7-11-24)9-13-26(27)36-18-28(33)31-25-12-8-20(3)21(4)14-25/h6-16H,5,18H2,1-4H3,(H,31,33)(H,32,34)/b23-15-. The third-order valence-corrected chi connectivity index (χ3v) is 5.40. The molecule has 3 aromatic rings. The van der Waals surface area contributed by atoms with Crippen LogP contribution in [-0.4, -0.2) is 25.0 Å². The molecule has 0 heterocycles. The normalized spacial score (nSPS) is 10.8. The van der Waals surface area contributed by atoms with Gasteiger partial charge in [0, 0.05) is 11.4 Å². The Hall–Kier alpha value is -4.57. The fourth-order valence-electron chi connectivity index (χ4n) is 3.31. The third-order valence-electron chi connectivity index (χ3n) is 5.40. The quantitative estimate of drug-likeness (QED) is 0.306. The lowest BCUT2D eigenvalue weighted by atomic mass is 10.1. The second-order valence-electron chi connectivity index (χ2n) is 8.27. The molecule has 184 valence electrons. The van der Waals surface area contributed by atoms with Crippen LogP contribution in [0, 0.1) is 32.1 Å². The Kier molecular flexibility index (Phi) is 8.84. The Labute approximate surface area is 211 Å². The van der Waals surface area contributed by atoms with Gasteiger partial charge < -0.3 is 20.1 Å². The number of ether oxygens (including phenoxy) is 2. The van der Waals surface area contributed by atoms with Crippen LogP contribution in [0.2, 0.25) is 0 Å². The summed E-state index contributed by atoms with van der Waals surface area (Å²) in [6, 6.07) is 19.9. The third kappa shape index (κ3) is 7.21. The molecule has 0 radical (unpaired) electrons. The minimum Gasteiger partial charge on any atom is -0.490 e. The van der Waals surface area contributed by atoms with Crippen molar-refractivity contribution in [3.63, 3.8) is 0 Å². The Morgan fingerprint density at radius 3 is 2.25 bits per heavy atom. The van der Waals surface area contributed by atoms with E-state index in [4.69, 9.17) is 9.47 Å². The summed E-state index contributed by atoms with van der Waals surface area (Å²) in [4.78, 5) is 25.0. The SMILES string of the molecule is CCOc1cc(/C=C(/C#N)C(=O)Nc2ccc(C)cc2)ccc1OCC(=O)Nc1ccc(C)c(C)c1. The van der Waals surface area contributed by atoms with Crippen molar-refractivity contribution in [2.24, 2.45) is 0 Å². The highest BCUT2D eigenvalue weighted by Gasteiger charge is 2.13. The maximum Gasteiger partial charge on any atom is 0.266 e. The summed E-state index contributed by atoms with van der Waals surface area (Å²) < 4.78 is 11.4. The number of amides is 2. The average Bonchev–Trinajstić information content (AvgIpc) is 2.85. The minimum absolute atomic E-state index is 0.0561. The van der Waals surface area contributed by atoms with Gasteiger partial charge in [-0.3, -0.25) is 9.59 Å². The molecule has 0 bridgehead atoms. The Bertz CT molecular complexity index is 1320. The summed E-state index contributed by atoms with van der Waals surface area (Å²) in [7, 11) is 0. The molecule has 0 saturated carbocycles. The highest BCUT2D eigenvalue weighted by Crippen LogP contribution is 2.29. The first-order chi connectivity index (χ1) is 17.3. The second-order valence-corrected chi connectivity index (χ2v) is 8.27. The van der Waals surface area contributed by atoms with E-state index in [1.54, 1.807) is 30.3 Å². The van der Waals surface area contributed by atoms with E-state index in [0.717, 1.165) is 16.7 Å². The lowest BCUT2D eigenvalue weighted by molar-refractivity contribution is -0.118. The number of carbonyl (C=O) groups excluding carboxylic acids is 2. The predicted molar refractivity (Wildman–Crippen MR) is 141 cm³/mol. The van der Waals surface area contributed by atoms with Crippen LogP contribution in [0.3, 0.4) is 0 Å². The van der Waals surface area contributed by atoms with Crippen LogP contribution in [0.1, 0.15) is 29.2 Å². The zero-order valence-electron chi connectivity index (χ0n) is 20.8. The molecule has 36 heavy (non-hydrogen) atoms.